The smallest absolute Gasteiger partial charge is 0.260 e. The van der Waals surface area contributed by atoms with Crippen LogP contribution in [0.2, 0.25) is 0 Å². The third kappa shape index (κ3) is 2.35. The average molecular weight is 291 g/mol. The molecule has 2 atom stereocenters. The van der Waals surface area contributed by atoms with Gasteiger partial charge in [0.2, 0.25) is 0 Å². The van der Waals surface area contributed by atoms with Gasteiger partial charge in [-0.3, -0.25) is 14.4 Å². The molecule has 0 aromatic heterocycles. The second-order valence-electron chi connectivity index (χ2n) is 5.93. The fourth-order valence-electron chi connectivity index (χ4n) is 3.14. The van der Waals surface area contributed by atoms with Gasteiger partial charge in [-0.05, 0) is 37.5 Å². The molecule has 4 nitrogen and oxygen atoms in total. The van der Waals surface area contributed by atoms with Gasteiger partial charge in [0.15, 0.2) is 0 Å². The Morgan fingerprint density at radius 2 is 2.10 bits per heavy atom. The van der Waals surface area contributed by atoms with Crippen LogP contribution in [0.15, 0.2) is 24.3 Å². The van der Waals surface area contributed by atoms with Crippen LogP contribution < -0.4 is 0 Å². The van der Waals surface area contributed by atoms with Crippen molar-refractivity contribution in [3.05, 3.63) is 35.6 Å². The van der Waals surface area contributed by atoms with Gasteiger partial charge in [0.05, 0.1) is 12.6 Å². The zero-order chi connectivity index (χ0) is 15.0. The van der Waals surface area contributed by atoms with Gasteiger partial charge in [0.1, 0.15) is 17.0 Å². The second-order valence-corrected chi connectivity index (χ2v) is 5.93. The van der Waals surface area contributed by atoms with E-state index in [0.717, 1.165) is 12.0 Å². The Morgan fingerprint density at radius 3 is 2.71 bits per heavy atom. The van der Waals surface area contributed by atoms with Crippen molar-refractivity contribution in [1.29, 1.82) is 0 Å². The van der Waals surface area contributed by atoms with Crippen molar-refractivity contribution in [2.24, 2.45) is 5.41 Å². The Hall–Kier alpha value is -1.75. The van der Waals surface area contributed by atoms with Gasteiger partial charge in [-0.1, -0.05) is 12.1 Å². The minimum absolute atomic E-state index is 0.0131. The van der Waals surface area contributed by atoms with Crippen molar-refractivity contribution in [2.75, 3.05) is 6.61 Å². The first kappa shape index (κ1) is 14.2. The molecule has 3 rings (SSSR count). The van der Waals surface area contributed by atoms with Crippen LogP contribution in [0.5, 0.6) is 0 Å². The normalized spacial score (nSPS) is 29.1. The van der Waals surface area contributed by atoms with Crippen LogP contribution in [0.3, 0.4) is 0 Å². The summed E-state index contributed by atoms with van der Waals surface area (Å²) in [5.41, 5.74) is -0.140. The molecular weight excluding hydrogens is 273 g/mol. The number of hydroxylamine groups is 2. The standard InChI is InChI=1S/C16H18FNO3/c1-16(9-2-3-14(16)19)15(20)18-13(8-10-21-18)11-4-6-12(17)7-5-11/h4-7,13H,2-3,8-10H2,1H3/t13-,16?/m0/s1. The quantitative estimate of drug-likeness (QED) is 0.787. The van der Waals surface area contributed by atoms with E-state index in [1.807, 2.05) is 0 Å². The second kappa shape index (κ2) is 5.22. The highest BCUT2D eigenvalue weighted by Gasteiger charge is 2.49. The number of benzene rings is 1. The molecule has 5 heteroatoms. The largest absolute Gasteiger partial charge is 0.299 e. The molecule has 2 fully saturated rings. The van der Waals surface area contributed by atoms with Gasteiger partial charge in [-0.15, -0.1) is 0 Å². The lowest BCUT2D eigenvalue weighted by Crippen LogP contribution is -2.43. The molecule has 1 amide bonds. The zero-order valence-corrected chi connectivity index (χ0v) is 12.0. The Labute approximate surface area is 122 Å². The first-order valence-corrected chi connectivity index (χ1v) is 7.28. The molecule has 1 aromatic rings. The fraction of sp³-hybridized carbons (Fsp3) is 0.500. The van der Waals surface area contributed by atoms with Gasteiger partial charge < -0.3 is 0 Å². The number of hydrogen-bond donors (Lipinski definition) is 0. The molecule has 1 saturated heterocycles. The van der Waals surface area contributed by atoms with Gasteiger partial charge in [-0.25, -0.2) is 9.45 Å². The van der Waals surface area contributed by atoms with Crippen LogP contribution in [-0.2, 0) is 14.4 Å². The maximum Gasteiger partial charge on any atom is 0.260 e. The number of carbonyl (C=O) groups excluding carboxylic acids is 2. The number of Topliss-reactive ketones (excluding diaryl/α,β-unsaturated/α-hetero) is 1. The monoisotopic (exact) mass is 291 g/mol. The summed E-state index contributed by atoms with van der Waals surface area (Å²) in [5.74, 6) is -0.592. The maximum atomic E-state index is 13.0. The van der Waals surface area contributed by atoms with Crippen LogP contribution in [0, 0.1) is 11.2 Å². The number of rotatable bonds is 2. The third-order valence-corrected chi connectivity index (χ3v) is 4.53. The summed E-state index contributed by atoms with van der Waals surface area (Å²) in [6.07, 6.45) is 2.43. The number of hydrogen-bond acceptors (Lipinski definition) is 3. The lowest BCUT2D eigenvalue weighted by Gasteiger charge is -2.30. The SMILES string of the molecule is CC1(C(=O)N2OCC[C@H]2c2ccc(F)cc2)CCCC1=O. The third-order valence-electron chi connectivity index (χ3n) is 4.53. The average Bonchev–Trinajstić information content (AvgIpc) is 3.08. The van der Waals surface area contributed by atoms with Crippen molar-refractivity contribution in [2.45, 2.75) is 38.6 Å². The van der Waals surface area contributed by atoms with Crippen LogP contribution in [0.4, 0.5) is 4.39 Å². The van der Waals surface area contributed by atoms with Gasteiger partial charge in [0.25, 0.3) is 5.91 Å². The van der Waals surface area contributed by atoms with Crippen molar-refractivity contribution < 1.29 is 18.8 Å². The number of halogens is 1. The zero-order valence-electron chi connectivity index (χ0n) is 12.0. The molecule has 1 unspecified atom stereocenters. The summed E-state index contributed by atoms with van der Waals surface area (Å²) < 4.78 is 13.0. The predicted molar refractivity (Wildman–Crippen MR) is 73.5 cm³/mol. The number of amides is 1. The fourth-order valence-corrected chi connectivity index (χ4v) is 3.14. The summed E-state index contributed by atoms with van der Waals surface area (Å²) in [5, 5.41) is 1.33. The Balaban J connectivity index is 1.85. The first-order chi connectivity index (χ1) is 10.0. The summed E-state index contributed by atoms with van der Waals surface area (Å²) in [6, 6.07) is 5.82. The highest BCUT2D eigenvalue weighted by Crippen LogP contribution is 2.40. The molecule has 112 valence electrons. The van der Waals surface area contributed by atoms with E-state index >= 15 is 0 Å². The van der Waals surface area contributed by atoms with Crippen molar-refractivity contribution >= 4 is 11.7 Å². The van der Waals surface area contributed by atoms with E-state index in [4.69, 9.17) is 4.84 Å². The molecule has 0 bridgehead atoms. The van der Waals surface area contributed by atoms with E-state index in [2.05, 4.69) is 0 Å². The van der Waals surface area contributed by atoms with E-state index in [1.54, 1.807) is 19.1 Å². The van der Waals surface area contributed by atoms with Crippen molar-refractivity contribution in [3.8, 4) is 0 Å². The lowest BCUT2D eigenvalue weighted by molar-refractivity contribution is -0.187. The Morgan fingerprint density at radius 1 is 1.38 bits per heavy atom. The van der Waals surface area contributed by atoms with Gasteiger partial charge >= 0.3 is 0 Å². The van der Waals surface area contributed by atoms with Gasteiger partial charge in [-0.2, -0.15) is 0 Å². The van der Waals surface area contributed by atoms with E-state index in [-0.39, 0.29) is 23.5 Å². The molecule has 21 heavy (non-hydrogen) atoms. The number of carbonyl (C=O) groups is 2. The summed E-state index contributed by atoms with van der Waals surface area (Å²) in [4.78, 5) is 30.2. The number of nitrogens with zero attached hydrogens (tertiary/aromatic N) is 1. The van der Waals surface area contributed by atoms with Crippen LogP contribution in [0.1, 0.15) is 44.2 Å². The van der Waals surface area contributed by atoms with Crippen LogP contribution >= 0.6 is 0 Å². The Bertz CT molecular complexity index is 571. The minimum atomic E-state index is -0.970. The molecule has 0 radical (unpaired) electrons. The molecule has 0 N–H and O–H groups in total. The summed E-state index contributed by atoms with van der Waals surface area (Å²) in [7, 11) is 0. The molecule has 1 aliphatic carbocycles. The summed E-state index contributed by atoms with van der Waals surface area (Å²) >= 11 is 0. The molecule has 0 spiro atoms. The highest BCUT2D eigenvalue weighted by atomic mass is 19.1. The van der Waals surface area contributed by atoms with Crippen LogP contribution in [-0.4, -0.2) is 23.4 Å². The molecular formula is C16H18FNO3. The van der Waals surface area contributed by atoms with Crippen LogP contribution in [0.25, 0.3) is 0 Å². The van der Waals surface area contributed by atoms with E-state index < -0.39 is 5.41 Å². The molecule has 2 aliphatic rings. The summed E-state index contributed by atoms with van der Waals surface area (Å²) in [6.45, 7) is 2.13. The first-order valence-electron chi connectivity index (χ1n) is 7.28. The molecule has 1 saturated carbocycles. The Kier molecular flexibility index (Phi) is 3.53. The number of ketones is 1. The minimum Gasteiger partial charge on any atom is -0.299 e. The topological polar surface area (TPSA) is 46.6 Å². The predicted octanol–water partition coefficient (Wildman–Crippen LogP) is 2.79. The molecule has 1 aliphatic heterocycles. The van der Waals surface area contributed by atoms with E-state index in [1.165, 1.54) is 17.2 Å². The molecule has 1 aromatic carbocycles. The highest BCUT2D eigenvalue weighted by molar-refractivity contribution is 6.06. The van der Waals surface area contributed by atoms with E-state index in [9.17, 15) is 14.0 Å². The van der Waals surface area contributed by atoms with Gasteiger partial charge in [0, 0.05) is 12.8 Å². The van der Waals surface area contributed by atoms with E-state index in [0.29, 0.717) is 25.9 Å². The molecule has 1 heterocycles. The lowest BCUT2D eigenvalue weighted by atomic mass is 9.86. The maximum absolute atomic E-state index is 13.0. The van der Waals surface area contributed by atoms with Crippen molar-refractivity contribution in [1.82, 2.24) is 5.06 Å². The van der Waals surface area contributed by atoms with Crippen molar-refractivity contribution in [3.63, 3.8) is 0 Å².